The molecule has 8 heteroatoms. The van der Waals surface area contributed by atoms with Gasteiger partial charge in [-0.2, -0.15) is 5.10 Å². The summed E-state index contributed by atoms with van der Waals surface area (Å²) in [6, 6.07) is 14.2. The number of ether oxygens (including phenoxy) is 1. The maximum absolute atomic E-state index is 14.6. The molecular formula is C29H35FN4O3. The molecule has 2 aromatic carbocycles. The Hall–Kier alpha value is -3.10. The fraction of sp³-hybridized carbons (Fsp3) is 0.483. The smallest absolute Gasteiger partial charge is 0.262 e. The van der Waals surface area contributed by atoms with Crippen LogP contribution in [0.5, 0.6) is 0 Å². The highest BCUT2D eigenvalue weighted by molar-refractivity contribution is 6.03. The van der Waals surface area contributed by atoms with Gasteiger partial charge in [0.15, 0.2) is 0 Å². The van der Waals surface area contributed by atoms with Gasteiger partial charge in [-0.05, 0) is 31.4 Å². The van der Waals surface area contributed by atoms with E-state index in [-0.39, 0.29) is 36.1 Å². The lowest BCUT2D eigenvalue weighted by molar-refractivity contribution is -0.145. The summed E-state index contributed by atoms with van der Waals surface area (Å²) in [4.78, 5) is 31.0. The molecule has 3 aliphatic rings. The Morgan fingerprint density at radius 1 is 1.08 bits per heavy atom. The van der Waals surface area contributed by atoms with E-state index >= 15 is 0 Å². The minimum atomic E-state index is -0.356. The van der Waals surface area contributed by atoms with Crippen molar-refractivity contribution < 1.29 is 18.7 Å². The molecule has 5 rings (SSSR count). The highest BCUT2D eigenvalue weighted by Crippen LogP contribution is 2.34. The van der Waals surface area contributed by atoms with E-state index in [1.807, 2.05) is 31.2 Å². The number of hydrogen-bond acceptors (Lipinski definition) is 5. The van der Waals surface area contributed by atoms with Crippen molar-refractivity contribution >= 4 is 17.5 Å². The minimum absolute atomic E-state index is 0.00133. The van der Waals surface area contributed by atoms with Crippen LogP contribution in [0.25, 0.3) is 0 Å². The van der Waals surface area contributed by atoms with Crippen LogP contribution in [-0.2, 0) is 14.3 Å². The Labute approximate surface area is 217 Å². The zero-order chi connectivity index (χ0) is 25.8. The lowest BCUT2D eigenvalue weighted by Gasteiger charge is -2.34. The van der Waals surface area contributed by atoms with E-state index in [0.717, 1.165) is 43.5 Å². The van der Waals surface area contributed by atoms with Gasteiger partial charge >= 0.3 is 0 Å². The van der Waals surface area contributed by atoms with Crippen molar-refractivity contribution in [1.29, 1.82) is 0 Å². The highest BCUT2D eigenvalue weighted by Gasteiger charge is 2.37. The topological polar surface area (TPSA) is 65.5 Å². The van der Waals surface area contributed by atoms with Crippen molar-refractivity contribution in [2.24, 2.45) is 11.0 Å². The third-order valence-corrected chi connectivity index (χ3v) is 7.69. The molecular weight excluding hydrogens is 471 g/mol. The van der Waals surface area contributed by atoms with Crippen LogP contribution >= 0.6 is 0 Å². The van der Waals surface area contributed by atoms with Crippen LogP contribution in [-0.4, -0.2) is 78.3 Å². The van der Waals surface area contributed by atoms with Crippen LogP contribution in [0.3, 0.4) is 0 Å². The quantitative estimate of drug-likeness (QED) is 0.547. The number of rotatable bonds is 8. The summed E-state index contributed by atoms with van der Waals surface area (Å²) in [5.74, 6) is -0.546. The Kier molecular flexibility index (Phi) is 7.96. The second-order valence-electron chi connectivity index (χ2n) is 10.2. The van der Waals surface area contributed by atoms with Gasteiger partial charge in [0, 0.05) is 44.1 Å². The molecule has 196 valence electrons. The minimum Gasteiger partial charge on any atom is -0.379 e. The first-order chi connectivity index (χ1) is 18.0. The van der Waals surface area contributed by atoms with Crippen molar-refractivity contribution in [3.63, 3.8) is 0 Å². The molecule has 0 radical (unpaired) electrons. The third-order valence-electron chi connectivity index (χ3n) is 7.69. The first-order valence-electron chi connectivity index (χ1n) is 13.3. The Morgan fingerprint density at radius 3 is 2.49 bits per heavy atom. The van der Waals surface area contributed by atoms with Gasteiger partial charge in [0.25, 0.3) is 5.91 Å². The molecule has 0 N–H and O–H groups in total. The average Bonchev–Trinajstić information content (AvgIpc) is 3.32. The number of benzene rings is 2. The fourth-order valence-electron chi connectivity index (χ4n) is 5.15. The largest absolute Gasteiger partial charge is 0.379 e. The summed E-state index contributed by atoms with van der Waals surface area (Å²) < 4.78 is 20.1. The van der Waals surface area contributed by atoms with E-state index in [1.54, 1.807) is 23.1 Å². The molecule has 0 bridgehead atoms. The maximum atomic E-state index is 14.6. The number of amides is 2. The number of carbonyl (C=O) groups is 2. The van der Waals surface area contributed by atoms with Crippen LogP contribution in [0.15, 0.2) is 53.6 Å². The predicted molar refractivity (Wildman–Crippen MR) is 139 cm³/mol. The molecule has 2 amide bonds. The van der Waals surface area contributed by atoms with Crippen LogP contribution in [0.1, 0.15) is 48.4 Å². The predicted octanol–water partition coefficient (Wildman–Crippen LogP) is 3.77. The Morgan fingerprint density at radius 2 is 1.81 bits per heavy atom. The van der Waals surface area contributed by atoms with Crippen molar-refractivity contribution in [2.45, 2.75) is 38.6 Å². The van der Waals surface area contributed by atoms with Crippen molar-refractivity contribution in [3.8, 4) is 0 Å². The zero-order valence-corrected chi connectivity index (χ0v) is 21.4. The molecule has 37 heavy (non-hydrogen) atoms. The number of morpholine rings is 1. The van der Waals surface area contributed by atoms with Gasteiger partial charge in [0.1, 0.15) is 12.4 Å². The number of aryl methyl sites for hydroxylation is 1. The first-order valence-corrected chi connectivity index (χ1v) is 13.3. The Balaban J connectivity index is 1.37. The molecule has 1 unspecified atom stereocenters. The summed E-state index contributed by atoms with van der Waals surface area (Å²) in [5.41, 5.74) is 3.02. The highest BCUT2D eigenvalue weighted by atomic mass is 19.1. The van der Waals surface area contributed by atoms with Crippen LogP contribution in [0.2, 0.25) is 0 Å². The fourth-order valence-corrected chi connectivity index (χ4v) is 5.15. The molecule has 1 saturated carbocycles. The molecule has 2 heterocycles. The lowest BCUT2D eigenvalue weighted by atomic mass is 9.84. The van der Waals surface area contributed by atoms with Crippen molar-refractivity contribution in [2.75, 3.05) is 45.9 Å². The standard InChI is InChI=1S/C29H35FN4O3/c1-21-9-11-22(12-10-21)27-19-26(24-7-2-3-8-25(24)30)31-34(27)28(35)20-33(29(36)23-5-4-6-23)14-13-32-15-17-37-18-16-32/h2-3,7-12,23,27H,4-6,13-20H2,1H3. The van der Waals surface area contributed by atoms with E-state index in [9.17, 15) is 14.0 Å². The van der Waals surface area contributed by atoms with Gasteiger partial charge in [-0.3, -0.25) is 14.5 Å². The van der Waals surface area contributed by atoms with Gasteiger partial charge in [-0.1, -0.05) is 54.4 Å². The van der Waals surface area contributed by atoms with Gasteiger partial charge in [-0.15, -0.1) is 0 Å². The normalized spacial score (nSPS) is 20.4. The number of nitrogens with zero attached hydrogens (tertiary/aromatic N) is 4. The maximum Gasteiger partial charge on any atom is 0.262 e. The molecule has 0 spiro atoms. The molecule has 1 atom stereocenters. The molecule has 2 aromatic rings. The summed E-state index contributed by atoms with van der Waals surface area (Å²) in [6.45, 7) is 6.23. The van der Waals surface area contributed by atoms with Crippen LogP contribution < -0.4 is 0 Å². The Bertz CT molecular complexity index is 1140. The van der Waals surface area contributed by atoms with Crippen LogP contribution in [0, 0.1) is 18.7 Å². The second kappa shape index (κ2) is 11.5. The van der Waals surface area contributed by atoms with Gasteiger partial charge in [0.2, 0.25) is 5.91 Å². The molecule has 1 aliphatic carbocycles. The molecule has 2 aliphatic heterocycles. The number of carbonyl (C=O) groups excluding carboxylic acids is 2. The molecule has 7 nitrogen and oxygen atoms in total. The van der Waals surface area contributed by atoms with E-state index in [4.69, 9.17) is 4.74 Å². The first kappa shape index (κ1) is 25.5. The monoisotopic (exact) mass is 506 g/mol. The van der Waals surface area contributed by atoms with E-state index in [0.29, 0.717) is 44.0 Å². The molecule has 0 aromatic heterocycles. The third kappa shape index (κ3) is 5.91. The van der Waals surface area contributed by atoms with Crippen molar-refractivity contribution in [1.82, 2.24) is 14.8 Å². The summed E-state index contributed by atoms with van der Waals surface area (Å²) >= 11 is 0. The summed E-state index contributed by atoms with van der Waals surface area (Å²) in [6.07, 6.45) is 3.23. The van der Waals surface area contributed by atoms with Gasteiger partial charge < -0.3 is 9.64 Å². The number of hydrogen-bond donors (Lipinski definition) is 0. The summed E-state index contributed by atoms with van der Waals surface area (Å²) in [5, 5.41) is 6.11. The number of halogens is 1. The second-order valence-corrected chi connectivity index (χ2v) is 10.2. The van der Waals surface area contributed by atoms with Gasteiger partial charge in [-0.25, -0.2) is 9.40 Å². The van der Waals surface area contributed by atoms with Crippen molar-refractivity contribution in [3.05, 3.63) is 71.0 Å². The summed E-state index contributed by atoms with van der Waals surface area (Å²) in [7, 11) is 0. The van der Waals surface area contributed by atoms with Crippen LogP contribution in [0.4, 0.5) is 4.39 Å². The van der Waals surface area contributed by atoms with E-state index < -0.39 is 0 Å². The molecule has 1 saturated heterocycles. The molecule has 2 fully saturated rings. The van der Waals surface area contributed by atoms with E-state index in [2.05, 4.69) is 10.0 Å². The van der Waals surface area contributed by atoms with E-state index in [1.165, 1.54) is 11.1 Å². The lowest BCUT2D eigenvalue weighted by Crippen LogP contribution is -2.49. The number of hydrazone groups is 1. The van der Waals surface area contributed by atoms with Gasteiger partial charge in [0.05, 0.1) is 25.0 Å². The average molecular weight is 507 g/mol. The SMILES string of the molecule is Cc1ccc(C2CC(c3ccccc3F)=NN2C(=O)CN(CCN2CCOCC2)C(=O)C2CCC2)cc1. The zero-order valence-electron chi connectivity index (χ0n) is 21.4.